The molecule has 0 radical (unpaired) electrons. The predicted molar refractivity (Wildman–Crippen MR) is 268 cm³/mol. The molecule has 2 unspecified atom stereocenters. The van der Waals surface area contributed by atoms with Crippen LogP contribution < -0.4 is 10.5 Å². The minimum atomic E-state index is -0.499. The summed E-state index contributed by atoms with van der Waals surface area (Å²) in [5.41, 5.74) is 20.0. The number of rotatable bonds is 3. The summed E-state index contributed by atoms with van der Waals surface area (Å²) in [7, 11) is 0. The second-order valence-electron chi connectivity index (χ2n) is 18.2. The Bertz CT molecular complexity index is 3940. The van der Waals surface area contributed by atoms with E-state index >= 15 is 4.79 Å². The maximum atomic E-state index is 15.1. The third-order valence-corrected chi connectivity index (χ3v) is 15.3. The third kappa shape index (κ3) is 4.42. The van der Waals surface area contributed by atoms with Crippen LogP contribution in [0.15, 0.2) is 223 Å². The highest BCUT2D eigenvalue weighted by Crippen LogP contribution is 2.64. The van der Waals surface area contributed by atoms with E-state index in [9.17, 15) is 0 Å². The summed E-state index contributed by atoms with van der Waals surface area (Å²) in [5, 5.41) is 4.99. The van der Waals surface area contributed by atoms with Gasteiger partial charge in [0.2, 0.25) is 0 Å². The Kier molecular flexibility index (Phi) is 6.87. The summed E-state index contributed by atoms with van der Waals surface area (Å²) in [6.45, 7) is 0. The van der Waals surface area contributed by atoms with Crippen LogP contribution in [0.25, 0.3) is 82.5 Å². The number of nitrogens with zero attached hydrogens (tertiary/aromatic N) is 2. The van der Waals surface area contributed by atoms with Gasteiger partial charge >= 0.3 is 0 Å². The van der Waals surface area contributed by atoms with Gasteiger partial charge < -0.3 is 4.90 Å². The van der Waals surface area contributed by atoms with Gasteiger partial charge in [0.1, 0.15) is 0 Å². The van der Waals surface area contributed by atoms with Gasteiger partial charge in [-0.15, -0.1) is 0 Å². The third-order valence-electron chi connectivity index (χ3n) is 15.3. The molecule has 2 aromatic heterocycles. The molecule has 11 aromatic rings. The molecule has 3 heteroatoms. The van der Waals surface area contributed by atoms with Gasteiger partial charge in [0, 0.05) is 44.4 Å². The molecular formula is C62H38N2O. The minimum absolute atomic E-state index is 0.0246. The molecule has 0 N–H and O–H groups in total. The van der Waals surface area contributed by atoms with Crippen molar-refractivity contribution in [2.75, 3.05) is 4.90 Å². The van der Waals surface area contributed by atoms with Gasteiger partial charge in [-0.25, -0.2) is 0 Å². The van der Waals surface area contributed by atoms with Crippen LogP contribution in [0.2, 0.25) is 0 Å². The van der Waals surface area contributed by atoms with Crippen molar-refractivity contribution in [2.24, 2.45) is 0 Å². The van der Waals surface area contributed by atoms with Gasteiger partial charge in [-0.1, -0.05) is 176 Å². The monoisotopic (exact) mass is 826 g/mol. The Morgan fingerprint density at radius 1 is 0.415 bits per heavy atom. The number of aromatic nitrogens is 1. The van der Waals surface area contributed by atoms with Gasteiger partial charge in [-0.05, 0) is 115 Å². The molecule has 15 rings (SSSR count). The maximum Gasteiger partial charge on any atom is 0.263 e. The fraction of sp³-hybridized carbons (Fsp3) is 0.0484. The second kappa shape index (κ2) is 12.7. The van der Waals surface area contributed by atoms with Gasteiger partial charge in [-0.2, -0.15) is 0 Å². The summed E-state index contributed by atoms with van der Waals surface area (Å²) in [6.07, 6.45) is 9.05. The largest absolute Gasteiger partial charge is 0.333 e. The number of hydrogen-bond donors (Lipinski definition) is 0. The van der Waals surface area contributed by atoms with Gasteiger partial charge in [0.25, 0.3) is 5.56 Å². The summed E-state index contributed by atoms with van der Waals surface area (Å²) < 4.78 is 2.06. The Hall–Kier alpha value is -8.27. The van der Waals surface area contributed by atoms with E-state index in [1.54, 1.807) is 0 Å². The van der Waals surface area contributed by atoms with Crippen LogP contribution in [0.3, 0.4) is 0 Å². The van der Waals surface area contributed by atoms with Crippen molar-refractivity contribution < 1.29 is 0 Å². The zero-order chi connectivity index (χ0) is 42.5. The molecule has 3 heterocycles. The smallest absolute Gasteiger partial charge is 0.263 e. The number of hydrogen-bond acceptors (Lipinski definition) is 2. The van der Waals surface area contributed by atoms with Gasteiger partial charge in [0.15, 0.2) is 0 Å². The van der Waals surface area contributed by atoms with Crippen molar-refractivity contribution in [1.82, 2.24) is 4.40 Å². The van der Waals surface area contributed by atoms with E-state index in [-0.39, 0.29) is 11.6 Å². The zero-order valence-electron chi connectivity index (χ0n) is 35.2. The molecule has 2 atom stereocenters. The first-order chi connectivity index (χ1) is 32.2. The summed E-state index contributed by atoms with van der Waals surface area (Å²) in [5.74, 6) is 0.292. The van der Waals surface area contributed by atoms with Crippen LogP contribution in [-0.4, -0.2) is 10.4 Å². The highest BCUT2D eigenvalue weighted by Gasteiger charge is 2.52. The number of allylic oxidation sites excluding steroid dienone is 2. The van der Waals surface area contributed by atoms with Crippen molar-refractivity contribution in [3.8, 4) is 44.5 Å². The summed E-state index contributed by atoms with van der Waals surface area (Å²) in [4.78, 5) is 17.6. The molecule has 3 nitrogen and oxygen atoms in total. The first-order valence-electron chi connectivity index (χ1n) is 22.7. The molecule has 0 saturated carbocycles. The van der Waals surface area contributed by atoms with E-state index in [0.29, 0.717) is 5.92 Å². The van der Waals surface area contributed by atoms with E-state index in [2.05, 4.69) is 216 Å². The highest BCUT2D eigenvalue weighted by atomic mass is 16.1. The molecule has 1 spiro atoms. The van der Waals surface area contributed by atoms with Crippen LogP contribution in [0, 0.1) is 0 Å². The summed E-state index contributed by atoms with van der Waals surface area (Å²) >= 11 is 0. The number of pyridine rings is 1. The molecular weight excluding hydrogens is 789 g/mol. The molecule has 4 aliphatic rings. The van der Waals surface area contributed by atoms with Crippen molar-refractivity contribution >= 4 is 49.3 Å². The molecule has 3 aliphatic carbocycles. The fourth-order valence-corrected chi connectivity index (χ4v) is 12.7. The Morgan fingerprint density at radius 3 is 1.74 bits per heavy atom. The van der Waals surface area contributed by atoms with Gasteiger partial charge in [-0.3, -0.25) is 9.20 Å². The summed E-state index contributed by atoms with van der Waals surface area (Å²) in [6, 6.07) is 71.3. The molecule has 302 valence electrons. The number of para-hydroxylation sites is 1. The lowest BCUT2D eigenvalue weighted by Crippen LogP contribution is -2.28. The minimum Gasteiger partial charge on any atom is -0.333 e. The molecule has 0 amide bonds. The molecule has 65 heavy (non-hydrogen) atoms. The van der Waals surface area contributed by atoms with Crippen LogP contribution in [0.5, 0.6) is 0 Å². The predicted octanol–water partition coefficient (Wildman–Crippen LogP) is 14.6. The van der Waals surface area contributed by atoms with Crippen LogP contribution in [0.4, 0.5) is 11.4 Å². The first-order valence-corrected chi connectivity index (χ1v) is 22.7. The number of benzene rings is 9. The highest BCUT2D eigenvalue weighted by molar-refractivity contribution is 6.24. The van der Waals surface area contributed by atoms with Crippen molar-refractivity contribution in [3.05, 3.63) is 257 Å². The van der Waals surface area contributed by atoms with E-state index in [1.165, 1.54) is 67.0 Å². The number of fused-ring (bicyclic) bond motifs is 19. The fourth-order valence-electron chi connectivity index (χ4n) is 12.7. The Labute approximate surface area is 375 Å². The van der Waals surface area contributed by atoms with Crippen molar-refractivity contribution in [2.45, 2.75) is 17.4 Å². The zero-order valence-corrected chi connectivity index (χ0v) is 35.2. The lowest BCUT2D eigenvalue weighted by Gasteiger charge is -2.30. The number of anilines is 2. The van der Waals surface area contributed by atoms with E-state index < -0.39 is 5.41 Å². The average Bonchev–Trinajstić information content (AvgIpc) is 4.08. The first kappa shape index (κ1) is 35.2. The molecule has 9 aromatic carbocycles. The Balaban J connectivity index is 0.930. The second-order valence-corrected chi connectivity index (χ2v) is 18.2. The quantitative estimate of drug-likeness (QED) is 0.166. The molecule has 0 fully saturated rings. The lowest BCUT2D eigenvalue weighted by atomic mass is 9.70. The standard InChI is InChI=1S/C62H38N2O/c65-61-47-20-5-4-16-42(47)50-35-40(38-28-26-37(27-29-38)39-30-33-57-49(34-39)45-19-9-13-25-56(45)63(57)41-14-2-1-3-15-41)36-51-46-31-32-55-58(60(46)64(61)59(50)51)48-21-8-12-24-54(48)62(55)52-22-10-6-17-43(52)44-18-7-11-23-53(44)62/h1-36,45,56H. The van der Waals surface area contributed by atoms with E-state index in [4.69, 9.17) is 0 Å². The van der Waals surface area contributed by atoms with Crippen molar-refractivity contribution in [3.63, 3.8) is 0 Å². The molecule has 1 aliphatic heterocycles. The topological polar surface area (TPSA) is 24.7 Å². The molecule has 0 bridgehead atoms. The van der Waals surface area contributed by atoms with Crippen molar-refractivity contribution in [1.29, 1.82) is 0 Å². The Morgan fingerprint density at radius 2 is 1.00 bits per heavy atom. The van der Waals surface area contributed by atoms with Crippen LogP contribution in [-0.2, 0) is 5.41 Å². The maximum absolute atomic E-state index is 15.1. The molecule has 0 saturated heterocycles. The van der Waals surface area contributed by atoms with Crippen LogP contribution in [0.1, 0.15) is 33.7 Å². The average molecular weight is 827 g/mol. The van der Waals surface area contributed by atoms with Crippen LogP contribution >= 0.6 is 0 Å². The van der Waals surface area contributed by atoms with Gasteiger partial charge in [0.05, 0.1) is 22.5 Å². The normalized spacial score (nSPS) is 17.0. The van der Waals surface area contributed by atoms with E-state index in [1.807, 2.05) is 12.1 Å². The van der Waals surface area contributed by atoms with E-state index in [0.717, 1.165) is 54.7 Å². The SMILES string of the molecule is O=c1c2ccccc2c2cc(-c3ccc(-c4ccc5c(c4)C4C=CC=CC4N5c4ccccc4)cc3)cc3c4ccc5c(c4n1c23)-c1ccccc1C51c2ccccc2-c2ccccc21. The lowest BCUT2D eigenvalue weighted by molar-refractivity contribution is 0.745.